The number of hydrogen-bond donors (Lipinski definition) is 0. The van der Waals surface area contributed by atoms with E-state index in [9.17, 15) is 13.2 Å². The number of benzene rings is 1. The van der Waals surface area contributed by atoms with Crippen LogP contribution in [-0.4, -0.2) is 46.3 Å². The van der Waals surface area contributed by atoms with Crippen LogP contribution in [0.15, 0.2) is 59.4 Å². The number of hydrogen-bond acceptors (Lipinski definition) is 5. The fourth-order valence-corrected chi connectivity index (χ4v) is 4.74. The molecule has 0 spiro atoms. The monoisotopic (exact) mass is 377 g/mol. The Balaban J connectivity index is 1.74. The number of amides is 1. The lowest BCUT2D eigenvalue weighted by Crippen LogP contribution is -2.41. The predicted octanol–water partition coefficient (Wildman–Crippen LogP) is 1.85. The molecule has 1 aromatic carbocycles. The van der Waals surface area contributed by atoms with Gasteiger partial charge in [0.15, 0.2) is 15.0 Å². The Labute approximate surface area is 151 Å². The zero-order valence-corrected chi connectivity index (χ0v) is 15.4. The first kappa shape index (κ1) is 17.8. The quantitative estimate of drug-likeness (QED) is 0.719. The van der Waals surface area contributed by atoms with Gasteiger partial charge in [-0.1, -0.05) is 42.1 Å². The number of imidazole rings is 1. The van der Waals surface area contributed by atoms with E-state index in [0.717, 1.165) is 10.7 Å². The van der Waals surface area contributed by atoms with Crippen molar-refractivity contribution >= 4 is 27.5 Å². The molecule has 1 amide bonds. The second kappa shape index (κ2) is 7.45. The van der Waals surface area contributed by atoms with E-state index in [-0.39, 0.29) is 17.4 Å². The molecule has 0 saturated heterocycles. The molecule has 25 heavy (non-hydrogen) atoms. The minimum atomic E-state index is -3.23. The van der Waals surface area contributed by atoms with Crippen LogP contribution in [0.2, 0.25) is 0 Å². The van der Waals surface area contributed by atoms with Gasteiger partial charge in [0.2, 0.25) is 5.91 Å². The van der Waals surface area contributed by atoms with Gasteiger partial charge in [-0.3, -0.25) is 4.79 Å². The third kappa shape index (κ3) is 4.52. The molecule has 132 valence electrons. The smallest absolute Gasteiger partial charge is 0.233 e. The van der Waals surface area contributed by atoms with Crippen LogP contribution in [0.1, 0.15) is 5.56 Å². The lowest BCUT2D eigenvalue weighted by molar-refractivity contribution is -0.130. The van der Waals surface area contributed by atoms with Gasteiger partial charge in [0.05, 0.1) is 17.5 Å². The molecule has 2 heterocycles. The van der Waals surface area contributed by atoms with Gasteiger partial charge in [-0.2, -0.15) is 0 Å². The molecule has 0 unspecified atom stereocenters. The summed E-state index contributed by atoms with van der Waals surface area (Å²) in [6.07, 6.45) is 5.10. The van der Waals surface area contributed by atoms with Crippen LogP contribution in [0, 0.1) is 0 Å². The number of rotatable bonds is 6. The minimum absolute atomic E-state index is 0.0569. The number of thioether (sulfide) groups is 1. The average Bonchev–Trinajstić information content (AvgIpc) is 3.16. The molecular weight excluding hydrogens is 358 g/mol. The van der Waals surface area contributed by atoms with Gasteiger partial charge >= 0.3 is 0 Å². The molecule has 1 atom stereocenters. The van der Waals surface area contributed by atoms with Gasteiger partial charge in [0.1, 0.15) is 0 Å². The van der Waals surface area contributed by atoms with Crippen molar-refractivity contribution in [3.05, 3.63) is 59.8 Å². The maximum Gasteiger partial charge on any atom is 0.233 e. The highest BCUT2D eigenvalue weighted by molar-refractivity contribution is 7.99. The van der Waals surface area contributed by atoms with Crippen molar-refractivity contribution in [1.29, 1.82) is 0 Å². The largest absolute Gasteiger partial charge is 0.330 e. The van der Waals surface area contributed by atoms with Gasteiger partial charge in [0.25, 0.3) is 0 Å². The van der Waals surface area contributed by atoms with Gasteiger partial charge in [-0.25, -0.2) is 13.4 Å². The Morgan fingerprint density at radius 2 is 2.12 bits per heavy atom. The van der Waals surface area contributed by atoms with E-state index < -0.39 is 15.9 Å². The van der Waals surface area contributed by atoms with Crippen molar-refractivity contribution in [2.24, 2.45) is 7.05 Å². The third-order valence-corrected chi connectivity index (χ3v) is 6.35. The number of aromatic nitrogens is 2. The van der Waals surface area contributed by atoms with Crippen molar-refractivity contribution in [2.45, 2.75) is 17.7 Å². The van der Waals surface area contributed by atoms with Crippen LogP contribution in [0.25, 0.3) is 0 Å². The summed E-state index contributed by atoms with van der Waals surface area (Å²) in [7, 11) is -1.36. The molecule has 0 N–H and O–H groups in total. The molecular formula is C17H19N3O3S2. The first-order valence-electron chi connectivity index (χ1n) is 7.79. The second-order valence-corrected chi connectivity index (χ2v) is 8.72. The van der Waals surface area contributed by atoms with Gasteiger partial charge in [-0.15, -0.1) is 0 Å². The molecule has 0 aliphatic carbocycles. The second-order valence-electron chi connectivity index (χ2n) is 5.84. The molecule has 0 fully saturated rings. The SMILES string of the molecule is Cn1ccnc1SCC(=O)N(Cc1ccccc1)[C@@H]1C=CS(=O)(=O)C1. The average molecular weight is 377 g/mol. The Morgan fingerprint density at radius 3 is 2.72 bits per heavy atom. The molecule has 1 aromatic heterocycles. The van der Waals surface area contributed by atoms with Crippen LogP contribution in [0.5, 0.6) is 0 Å². The molecule has 1 aliphatic heterocycles. The Bertz CT molecular complexity index is 876. The fourth-order valence-electron chi connectivity index (χ4n) is 2.62. The Kier molecular flexibility index (Phi) is 5.29. The predicted molar refractivity (Wildman–Crippen MR) is 97.6 cm³/mol. The first-order valence-corrected chi connectivity index (χ1v) is 10.5. The molecule has 0 radical (unpaired) electrons. The number of sulfone groups is 1. The van der Waals surface area contributed by atoms with Crippen LogP contribution in [-0.2, 0) is 28.2 Å². The third-order valence-electron chi connectivity index (χ3n) is 3.93. The van der Waals surface area contributed by atoms with E-state index in [0.29, 0.717) is 6.54 Å². The summed E-state index contributed by atoms with van der Waals surface area (Å²) in [5.41, 5.74) is 0.968. The van der Waals surface area contributed by atoms with Crippen molar-refractivity contribution in [1.82, 2.24) is 14.5 Å². The van der Waals surface area contributed by atoms with Crippen molar-refractivity contribution in [3.63, 3.8) is 0 Å². The topological polar surface area (TPSA) is 72.3 Å². The van der Waals surface area contributed by atoms with E-state index in [1.165, 1.54) is 17.2 Å². The van der Waals surface area contributed by atoms with E-state index in [1.807, 2.05) is 48.1 Å². The summed E-state index contributed by atoms with van der Waals surface area (Å²) in [4.78, 5) is 18.6. The van der Waals surface area contributed by atoms with E-state index in [1.54, 1.807) is 17.2 Å². The van der Waals surface area contributed by atoms with Gasteiger partial charge in [0, 0.05) is 31.4 Å². The van der Waals surface area contributed by atoms with Crippen molar-refractivity contribution in [2.75, 3.05) is 11.5 Å². The molecule has 1 aliphatic rings. The molecule has 0 saturated carbocycles. The summed E-state index contributed by atoms with van der Waals surface area (Å²) in [5, 5.41) is 1.96. The highest BCUT2D eigenvalue weighted by atomic mass is 32.2. The van der Waals surface area contributed by atoms with Crippen LogP contribution < -0.4 is 0 Å². The molecule has 3 rings (SSSR count). The first-order chi connectivity index (χ1) is 11.9. The van der Waals surface area contributed by atoms with E-state index >= 15 is 0 Å². The summed E-state index contributed by atoms with van der Waals surface area (Å²) < 4.78 is 25.4. The summed E-state index contributed by atoms with van der Waals surface area (Å²) in [6.45, 7) is 0.380. The van der Waals surface area contributed by atoms with E-state index in [4.69, 9.17) is 0 Å². The number of nitrogens with zero attached hydrogens (tertiary/aromatic N) is 3. The van der Waals surface area contributed by atoms with Crippen molar-refractivity contribution < 1.29 is 13.2 Å². The maximum absolute atomic E-state index is 12.8. The highest BCUT2D eigenvalue weighted by Gasteiger charge is 2.30. The standard InChI is InChI=1S/C17H19N3O3S2/c1-19-9-8-18-17(19)24-12-16(21)20(11-14-5-3-2-4-6-14)15-7-10-25(22,23)13-15/h2-10,15H,11-13H2,1H3/t15-/m1/s1. The molecule has 2 aromatic rings. The Morgan fingerprint density at radius 1 is 1.36 bits per heavy atom. The number of carbonyl (C=O) groups is 1. The van der Waals surface area contributed by atoms with Crippen LogP contribution in [0.4, 0.5) is 0 Å². The lowest BCUT2D eigenvalue weighted by atomic mass is 10.2. The molecule has 8 heteroatoms. The molecule has 0 bridgehead atoms. The maximum atomic E-state index is 12.8. The zero-order valence-electron chi connectivity index (χ0n) is 13.8. The number of carbonyl (C=O) groups excluding carboxylic acids is 1. The lowest BCUT2D eigenvalue weighted by Gasteiger charge is -2.27. The van der Waals surface area contributed by atoms with Crippen LogP contribution >= 0.6 is 11.8 Å². The summed E-state index contributed by atoms with van der Waals surface area (Å²) in [6, 6.07) is 9.15. The fraction of sp³-hybridized carbons (Fsp3) is 0.294. The number of aryl methyl sites for hydroxylation is 1. The highest BCUT2D eigenvalue weighted by Crippen LogP contribution is 2.21. The normalized spacial score (nSPS) is 18.4. The van der Waals surface area contributed by atoms with Gasteiger partial charge < -0.3 is 9.47 Å². The molecule has 6 nitrogen and oxygen atoms in total. The minimum Gasteiger partial charge on any atom is -0.330 e. The van der Waals surface area contributed by atoms with Crippen LogP contribution in [0.3, 0.4) is 0 Å². The zero-order chi connectivity index (χ0) is 17.9. The van der Waals surface area contributed by atoms with E-state index in [2.05, 4.69) is 4.98 Å². The van der Waals surface area contributed by atoms with Crippen molar-refractivity contribution in [3.8, 4) is 0 Å². The van der Waals surface area contributed by atoms with Gasteiger partial charge in [-0.05, 0) is 11.6 Å². The summed E-state index contributed by atoms with van der Waals surface area (Å²) in [5.74, 6) is 0.0457. The summed E-state index contributed by atoms with van der Waals surface area (Å²) >= 11 is 1.35. The Hall–Kier alpha value is -2.06.